The minimum absolute atomic E-state index is 0.0282. The summed E-state index contributed by atoms with van der Waals surface area (Å²) in [6.45, 7) is 4.89. The summed E-state index contributed by atoms with van der Waals surface area (Å²) >= 11 is 0. The smallest absolute Gasteiger partial charge is 0.234 e. The van der Waals surface area contributed by atoms with Crippen LogP contribution in [0.5, 0.6) is 0 Å². The van der Waals surface area contributed by atoms with Crippen LogP contribution in [0.4, 0.5) is 0 Å². The number of rotatable bonds is 6. The van der Waals surface area contributed by atoms with Crippen molar-refractivity contribution in [2.24, 2.45) is 16.3 Å². The van der Waals surface area contributed by atoms with Crippen molar-refractivity contribution in [1.82, 2.24) is 5.32 Å². The van der Waals surface area contributed by atoms with Gasteiger partial charge in [0.2, 0.25) is 5.91 Å². The molecule has 4 N–H and O–H groups in total. The second-order valence-corrected chi connectivity index (χ2v) is 5.52. The Bertz CT molecular complexity index is 337. The zero-order chi connectivity index (χ0) is 15.0. The van der Waals surface area contributed by atoms with Crippen LogP contribution in [0.15, 0.2) is 5.16 Å². The van der Waals surface area contributed by atoms with E-state index < -0.39 is 5.41 Å². The predicted octanol–water partition coefficient (Wildman–Crippen LogP) is 1.61. The van der Waals surface area contributed by atoms with Gasteiger partial charge in [-0.3, -0.25) is 4.79 Å². The molecule has 1 aliphatic carbocycles. The highest BCUT2D eigenvalue weighted by atomic mass is 16.5. The number of amidine groups is 1. The van der Waals surface area contributed by atoms with Crippen molar-refractivity contribution >= 4 is 11.7 Å². The van der Waals surface area contributed by atoms with Gasteiger partial charge in [-0.1, -0.05) is 30.8 Å². The van der Waals surface area contributed by atoms with E-state index in [-0.39, 0.29) is 17.8 Å². The van der Waals surface area contributed by atoms with Gasteiger partial charge in [-0.25, -0.2) is 0 Å². The molecule has 116 valence electrons. The molecule has 0 aromatic heterocycles. The van der Waals surface area contributed by atoms with E-state index in [9.17, 15) is 4.79 Å². The van der Waals surface area contributed by atoms with Gasteiger partial charge in [0.1, 0.15) is 5.41 Å². The Hall–Kier alpha value is -1.30. The number of nitrogens with one attached hydrogen (secondary N) is 1. The molecule has 0 aliphatic heterocycles. The number of hydrogen-bond acceptors (Lipinski definition) is 4. The molecule has 0 heterocycles. The average molecular weight is 285 g/mol. The molecule has 20 heavy (non-hydrogen) atoms. The Morgan fingerprint density at radius 2 is 2.00 bits per heavy atom. The highest BCUT2D eigenvalue weighted by Gasteiger charge is 2.43. The van der Waals surface area contributed by atoms with Crippen LogP contribution in [0.2, 0.25) is 0 Å². The van der Waals surface area contributed by atoms with Crippen LogP contribution in [0.3, 0.4) is 0 Å². The molecule has 1 aliphatic rings. The van der Waals surface area contributed by atoms with Crippen LogP contribution in [0, 0.1) is 5.41 Å². The first-order valence-corrected chi connectivity index (χ1v) is 7.43. The van der Waals surface area contributed by atoms with E-state index in [2.05, 4.69) is 10.5 Å². The second kappa shape index (κ2) is 8.09. The first-order chi connectivity index (χ1) is 9.56. The van der Waals surface area contributed by atoms with Gasteiger partial charge >= 0.3 is 0 Å². The van der Waals surface area contributed by atoms with E-state index in [1.54, 1.807) is 0 Å². The number of nitrogens with two attached hydrogens (primary N) is 1. The van der Waals surface area contributed by atoms with Crippen molar-refractivity contribution in [3.8, 4) is 0 Å². The van der Waals surface area contributed by atoms with Crippen LogP contribution < -0.4 is 11.1 Å². The molecule has 1 atom stereocenters. The third-order valence-corrected chi connectivity index (χ3v) is 3.94. The van der Waals surface area contributed by atoms with Crippen LogP contribution in [-0.2, 0) is 9.53 Å². The molecule has 1 unspecified atom stereocenters. The summed E-state index contributed by atoms with van der Waals surface area (Å²) in [5, 5.41) is 15.1. The molecule has 0 radical (unpaired) electrons. The lowest BCUT2D eigenvalue weighted by Gasteiger charge is -2.31. The Kier molecular flexibility index (Phi) is 6.78. The van der Waals surface area contributed by atoms with Crippen LogP contribution in [-0.4, -0.2) is 36.2 Å². The molecule has 1 rings (SSSR count). The first kappa shape index (κ1) is 16.8. The van der Waals surface area contributed by atoms with Crippen molar-refractivity contribution in [3.05, 3.63) is 0 Å². The third-order valence-electron chi connectivity index (χ3n) is 3.94. The third kappa shape index (κ3) is 4.10. The van der Waals surface area contributed by atoms with Crippen molar-refractivity contribution in [3.63, 3.8) is 0 Å². The molecule has 0 spiro atoms. The van der Waals surface area contributed by atoms with Crippen LogP contribution >= 0.6 is 0 Å². The van der Waals surface area contributed by atoms with Gasteiger partial charge < -0.3 is 21.0 Å². The molecular formula is C14H27N3O3. The lowest BCUT2D eigenvalue weighted by Crippen LogP contribution is -2.52. The molecule has 0 bridgehead atoms. The quantitative estimate of drug-likeness (QED) is 0.227. The van der Waals surface area contributed by atoms with E-state index in [1.807, 2.05) is 13.8 Å². The summed E-state index contributed by atoms with van der Waals surface area (Å²) < 4.78 is 5.30. The van der Waals surface area contributed by atoms with E-state index in [1.165, 1.54) is 0 Å². The summed E-state index contributed by atoms with van der Waals surface area (Å²) in [6, 6.07) is -0.0888. The van der Waals surface area contributed by atoms with Gasteiger partial charge in [-0.05, 0) is 26.7 Å². The van der Waals surface area contributed by atoms with Gasteiger partial charge in [0.15, 0.2) is 5.84 Å². The van der Waals surface area contributed by atoms with E-state index in [0.717, 1.165) is 25.7 Å². The van der Waals surface area contributed by atoms with E-state index >= 15 is 0 Å². The highest BCUT2D eigenvalue weighted by molar-refractivity contribution is 6.06. The Morgan fingerprint density at radius 3 is 2.50 bits per heavy atom. The Morgan fingerprint density at radius 1 is 1.40 bits per heavy atom. The number of ether oxygens (including phenoxy) is 1. The zero-order valence-corrected chi connectivity index (χ0v) is 12.5. The molecule has 1 amide bonds. The molecule has 0 aromatic rings. The number of amides is 1. The minimum atomic E-state index is -0.869. The monoisotopic (exact) mass is 285 g/mol. The molecule has 0 saturated heterocycles. The standard InChI is InChI=1S/C14H27N3O3/c1-3-20-10-11(2)16-13(18)14(12(15)17-19)8-6-4-5-7-9-14/h11,19H,3-10H2,1-2H3,(H2,15,17)(H,16,18). The lowest BCUT2D eigenvalue weighted by molar-refractivity contribution is -0.129. The first-order valence-electron chi connectivity index (χ1n) is 7.43. The summed E-state index contributed by atoms with van der Waals surface area (Å²) in [5.74, 6) is -0.123. The fraction of sp³-hybridized carbons (Fsp3) is 0.857. The largest absolute Gasteiger partial charge is 0.409 e. The number of oxime groups is 1. The van der Waals surface area contributed by atoms with Gasteiger partial charge in [0, 0.05) is 12.6 Å². The maximum atomic E-state index is 12.6. The molecule has 0 aromatic carbocycles. The summed E-state index contributed by atoms with van der Waals surface area (Å²) in [6.07, 6.45) is 5.28. The Balaban J connectivity index is 2.79. The fourth-order valence-corrected chi connectivity index (χ4v) is 2.73. The highest BCUT2D eigenvalue weighted by Crippen LogP contribution is 2.35. The van der Waals surface area contributed by atoms with Crippen LogP contribution in [0.25, 0.3) is 0 Å². The van der Waals surface area contributed by atoms with Crippen molar-refractivity contribution in [2.45, 2.75) is 58.4 Å². The lowest BCUT2D eigenvalue weighted by atomic mass is 9.78. The van der Waals surface area contributed by atoms with Crippen molar-refractivity contribution in [2.75, 3.05) is 13.2 Å². The zero-order valence-electron chi connectivity index (χ0n) is 12.5. The molecule has 1 saturated carbocycles. The molecular weight excluding hydrogens is 258 g/mol. The predicted molar refractivity (Wildman–Crippen MR) is 77.6 cm³/mol. The Labute approximate surface area is 120 Å². The molecule has 6 heteroatoms. The van der Waals surface area contributed by atoms with E-state index in [4.69, 9.17) is 15.7 Å². The summed E-state index contributed by atoms with van der Waals surface area (Å²) in [5.41, 5.74) is 4.97. The number of hydrogen-bond donors (Lipinski definition) is 3. The number of nitrogens with zero attached hydrogens (tertiary/aromatic N) is 1. The topological polar surface area (TPSA) is 96.9 Å². The molecule has 1 fully saturated rings. The van der Waals surface area contributed by atoms with Crippen molar-refractivity contribution < 1.29 is 14.7 Å². The molecule has 6 nitrogen and oxygen atoms in total. The summed E-state index contributed by atoms with van der Waals surface area (Å²) in [7, 11) is 0. The van der Waals surface area contributed by atoms with E-state index in [0.29, 0.717) is 26.1 Å². The normalized spacial score (nSPS) is 21.0. The van der Waals surface area contributed by atoms with Crippen molar-refractivity contribution in [1.29, 1.82) is 0 Å². The van der Waals surface area contributed by atoms with Gasteiger partial charge in [-0.15, -0.1) is 0 Å². The number of carbonyl (C=O) groups is 1. The van der Waals surface area contributed by atoms with Crippen LogP contribution in [0.1, 0.15) is 52.4 Å². The average Bonchev–Trinajstić information content (AvgIpc) is 2.70. The fourth-order valence-electron chi connectivity index (χ4n) is 2.73. The summed E-state index contributed by atoms with van der Waals surface area (Å²) in [4.78, 5) is 12.6. The van der Waals surface area contributed by atoms with Gasteiger partial charge in [0.25, 0.3) is 0 Å². The maximum Gasteiger partial charge on any atom is 0.234 e. The minimum Gasteiger partial charge on any atom is -0.409 e. The SMILES string of the molecule is CCOCC(C)NC(=O)C1(C(N)=NO)CCCCCC1. The van der Waals surface area contributed by atoms with Gasteiger partial charge in [0.05, 0.1) is 6.61 Å². The maximum absolute atomic E-state index is 12.6. The van der Waals surface area contributed by atoms with Gasteiger partial charge in [-0.2, -0.15) is 0 Å². The number of carbonyl (C=O) groups excluding carboxylic acids is 1. The second-order valence-electron chi connectivity index (χ2n) is 5.52.